The monoisotopic (exact) mass is 986 g/mol. The number of unbranched alkanes of at least 4 members (excludes halogenated alkanes) is 46. The number of aliphatic hydroxyl groups is 2. The predicted octanol–water partition coefficient (Wildman–Crippen LogP) is 19.8. The Morgan fingerprint density at radius 2 is 0.671 bits per heavy atom. The first-order valence-electron chi connectivity index (χ1n) is 31.6. The molecule has 0 aromatic heterocycles. The van der Waals surface area contributed by atoms with Crippen LogP contribution in [0.25, 0.3) is 0 Å². The zero-order chi connectivity index (χ0) is 50.7. The van der Waals surface area contributed by atoms with Crippen LogP contribution >= 0.6 is 0 Å². The van der Waals surface area contributed by atoms with Crippen molar-refractivity contribution in [3.05, 3.63) is 24.3 Å². The molecule has 2 unspecified atom stereocenters. The number of carbonyl (C=O) groups excluding carboxylic acids is 2. The van der Waals surface area contributed by atoms with E-state index >= 15 is 0 Å². The minimum absolute atomic E-state index is 0.000159. The van der Waals surface area contributed by atoms with E-state index in [4.69, 9.17) is 4.74 Å². The molecule has 0 aliphatic carbocycles. The fourth-order valence-electron chi connectivity index (χ4n) is 9.87. The maximum Gasteiger partial charge on any atom is 0.305 e. The molecule has 0 saturated heterocycles. The second-order valence-corrected chi connectivity index (χ2v) is 21.7. The van der Waals surface area contributed by atoms with E-state index in [2.05, 4.69) is 31.3 Å². The molecular formula is C64H123NO5. The summed E-state index contributed by atoms with van der Waals surface area (Å²) in [5.41, 5.74) is 0. The Morgan fingerprint density at radius 1 is 0.386 bits per heavy atom. The number of allylic oxidation sites excluding steroid dienone is 3. The van der Waals surface area contributed by atoms with E-state index < -0.39 is 12.1 Å². The van der Waals surface area contributed by atoms with Crippen molar-refractivity contribution in [1.29, 1.82) is 0 Å². The average molecular weight is 987 g/mol. The highest BCUT2D eigenvalue weighted by Gasteiger charge is 2.18. The summed E-state index contributed by atoms with van der Waals surface area (Å²) in [6, 6.07) is -0.635. The van der Waals surface area contributed by atoms with E-state index in [1.807, 2.05) is 6.08 Å². The highest BCUT2D eigenvalue weighted by Crippen LogP contribution is 2.18. The van der Waals surface area contributed by atoms with E-state index in [0.717, 1.165) is 51.4 Å². The number of ether oxygens (including phenoxy) is 1. The maximum absolute atomic E-state index is 12.5. The Morgan fingerprint density at radius 3 is 1.01 bits per heavy atom. The lowest BCUT2D eigenvalue weighted by Crippen LogP contribution is -2.45. The lowest BCUT2D eigenvalue weighted by molar-refractivity contribution is -0.143. The third kappa shape index (κ3) is 55.7. The van der Waals surface area contributed by atoms with Crippen LogP contribution in [-0.4, -0.2) is 47.4 Å². The van der Waals surface area contributed by atoms with Crippen molar-refractivity contribution in [2.75, 3.05) is 13.2 Å². The van der Waals surface area contributed by atoms with Crippen LogP contribution in [0.15, 0.2) is 24.3 Å². The Kier molecular flexibility index (Phi) is 58.5. The molecule has 0 radical (unpaired) electrons. The summed E-state index contributed by atoms with van der Waals surface area (Å²) in [6.45, 7) is 4.91. The van der Waals surface area contributed by atoms with Crippen molar-refractivity contribution >= 4 is 11.9 Å². The van der Waals surface area contributed by atoms with Gasteiger partial charge in [0, 0.05) is 12.8 Å². The van der Waals surface area contributed by atoms with E-state index in [9.17, 15) is 19.8 Å². The summed E-state index contributed by atoms with van der Waals surface area (Å²) < 4.78 is 5.49. The van der Waals surface area contributed by atoms with Crippen LogP contribution in [0.4, 0.5) is 0 Å². The molecule has 3 N–H and O–H groups in total. The van der Waals surface area contributed by atoms with Gasteiger partial charge in [-0.2, -0.15) is 0 Å². The van der Waals surface area contributed by atoms with Crippen molar-refractivity contribution in [2.24, 2.45) is 0 Å². The highest BCUT2D eigenvalue weighted by molar-refractivity contribution is 5.76. The number of hydrogen-bond acceptors (Lipinski definition) is 5. The number of carbonyl (C=O) groups is 2. The first kappa shape index (κ1) is 68.3. The molecule has 6 heteroatoms. The van der Waals surface area contributed by atoms with E-state index in [1.54, 1.807) is 6.08 Å². The smallest absolute Gasteiger partial charge is 0.305 e. The van der Waals surface area contributed by atoms with Gasteiger partial charge < -0.3 is 20.3 Å². The normalized spacial score (nSPS) is 12.7. The largest absolute Gasteiger partial charge is 0.466 e. The van der Waals surface area contributed by atoms with Gasteiger partial charge in [-0.05, 0) is 57.8 Å². The standard InChI is InChI=1S/C64H123NO5/c1-3-5-7-9-11-13-15-17-19-21-23-25-28-32-36-40-44-48-52-56-62(67)61(60-66)65-63(68)57-53-49-45-41-37-33-29-27-31-35-39-43-47-51-55-59-70-64(69)58-54-50-46-42-38-34-30-26-24-22-20-18-16-14-12-10-8-6-4-2/h18,20,52,56,61-62,66-67H,3-17,19,21-51,53-55,57-60H2,1-2H3,(H,65,68)/b20-18-,56-52+. The molecule has 414 valence electrons. The van der Waals surface area contributed by atoms with Gasteiger partial charge in [0.2, 0.25) is 5.91 Å². The summed E-state index contributed by atoms with van der Waals surface area (Å²) in [5, 5.41) is 23.2. The summed E-state index contributed by atoms with van der Waals surface area (Å²) in [5.74, 6) is -0.0737. The lowest BCUT2D eigenvalue weighted by Gasteiger charge is -2.20. The maximum atomic E-state index is 12.5. The van der Waals surface area contributed by atoms with Gasteiger partial charge in [0.15, 0.2) is 0 Å². The van der Waals surface area contributed by atoms with Crippen molar-refractivity contribution < 1.29 is 24.5 Å². The number of aliphatic hydroxyl groups excluding tert-OH is 2. The van der Waals surface area contributed by atoms with Crippen LogP contribution in [0, 0.1) is 0 Å². The number of amides is 1. The van der Waals surface area contributed by atoms with Crippen molar-refractivity contribution in [2.45, 2.75) is 360 Å². The molecule has 0 spiro atoms. The van der Waals surface area contributed by atoms with Crippen LogP contribution in [0.5, 0.6) is 0 Å². The molecule has 0 aliphatic heterocycles. The molecule has 0 heterocycles. The van der Waals surface area contributed by atoms with Crippen LogP contribution in [0.2, 0.25) is 0 Å². The first-order valence-corrected chi connectivity index (χ1v) is 31.6. The minimum Gasteiger partial charge on any atom is -0.466 e. The predicted molar refractivity (Wildman–Crippen MR) is 306 cm³/mol. The quantitative estimate of drug-likeness (QED) is 0.0321. The summed E-state index contributed by atoms with van der Waals surface area (Å²) in [6.07, 6.45) is 73.5. The zero-order valence-electron chi connectivity index (χ0n) is 47.3. The second-order valence-electron chi connectivity index (χ2n) is 21.7. The number of esters is 1. The van der Waals surface area contributed by atoms with Gasteiger partial charge in [-0.15, -0.1) is 0 Å². The van der Waals surface area contributed by atoms with Crippen molar-refractivity contribution in [3.63, 3.8) is 0 Å². The van der Waals surface area contributed by atoms with Gasteiger partial charge in [0.05, 0.1) is 25.4 Å². The van der Waals surface area contributed by atoms with Crippen molar-refractivity contribution in [3.8, 4) is 0 Å². The number of nitrogens with one attached hydrogen (secondary N) is 1. The molecule has 6 nitrogen and oxygen atoms in total. The van der Waals surface area contributed by atoms with Gasteiger partial charge in [0.1, 0.15) is 0 Å². The van der Waals surface area contributed by atoms with E-state index in [-0.39, 0.29) is 18.5 Å². The fourth-order valence-corrected chi connectivity index (χ4v) is 9.87. The second kappa shape index (κ2) is 59.9. The topological polar surface area (TPSA) is 95.9 Å². The molecular weight excluding hydrogens is 863 g/mol. The SMILES string of the molecule is CCCCCCCC/C=C\CCCCCCCCCCCC(=O)OCCCCCCCCCCCCCCCCCC(=O)NC(CO)C(O)/C=C/CCCCCCCCCCCCCCCCCCC. The Balaban J connectivity index is 3.44. The van der Waals surface area contributed by atoms with Crippen LogP contribution in [-0.2, 0) is 14.3 Å². The van der Waals surface area contributed by atoms with Crippen LogP contribution < -0.4 is 5.32 Å². The van der Waals surface area contributed by atoms with Crippen molar-refractivity contribution in [1.82, 2.24) is 5.32 Å². The van der Waals surface area contributed by atoms with Gasteiger partial charge in [-0.1, -0.05) is 301 Å². The number of hydrogen-bond donors (Lipinski definition) is 3. The molecule has 0 rings (SSSR count). The highest BCUT2D eigenvalue weighted by atomic mass is 16.5. The average Bonchev–Trinajstić information content (AvgIpc) is 3.36. The Labute approximate surface area is 437 Å². The third-order valence-corrected chi connectivity index (χ3v) is 14.7. The van der Waals surface area contributed by atoms with Gasteiger partial charge in [-0.25, -0.2) is 0 Å². The molecule has 1 amide bonds. The molecule has 2 atom stereocenters. The molecule has 0 aliphatic rings. The molecule has 0 aromatic rings. The lowest BCUT2D eigenvalue weighted by atomic mass is 10.0. The zero-order valence-corrected chi connectivity index (χ0v) is 47.3. The van der Waals surface area contributed by atoms with E-state index in [1.165, 1.54) is 270 Å². The molecule has 70 heavy (non-hydrogen) atoms. The van der Waals surface area contributed by atoms with Gasteiger partial charge in [-0.3, -0.25) is 9.59 Å². The molecule has 0 bridgehead atoms. The van der Waals surface area contributed by atoms with E-state index in [0.29, 0.717) is 19.4 Å². The van der Waals surface area contributed by atoms with Crippen LogP contribution in [0.3, 0.4) is 0 Å². The Bertz CT molecular complexity index is 1090. The minimum atomic E-state index is -0.851. The summed E-state index contributed by atoms with van der Waals surface area (Å²) >= 11 is 0. The molecule has 0 aromatic carbocycles. The number of rotatable bonds is 59. The van der Waals surface area contributed by atoms with Crippen LogP contribution in [0.1, 0.15) is 348 Å². The Hall–Kier alpha value is -1.66. The van der Waals surface area contributed by atoms with Gasteiger partial charge in [0.25, 0.3) is 0 Å². The first-order chi connectivity index (χ1) is 34.5. The summed E-state index contributed by atoms with van der Waals surface area (Å²) in [4.78, 5) is 24.6. The van der Waals surface area contributed by atoms with Gasteiger partial charge >= 0.3 is 5.97 Å². The fraction of sp³-hybridized carbons (Fsp3) is 0.906. The molecule has 0 fully saturated rings. The third-order valence-electron chi connectivity index (χ3n) is 14.7. The molecule has 0 saturated carbocycles. The summed E-state index contributed by atoms with van der Waals surface area (Å²) in [7, 11) is 0.